The lowest BCUT2D eigenvalue weighted by molar-refractivity contribution is 0.193. The summed E-state index contributed by atoms with van der Waals surface area (Å²) < 4.78 is 25.7. The van der Waals surface area contributed by atoms with E-state index in [1.807, 2.05) is 0 Å². The van der Waals surface area contributed by atoms with Crippen molar-refractivity contribution in [2.45, 2.75) is 25.8 Å². The first kappa shape index (κ1) is 17.1. The molecule has 0 saturated carbocycles. The summed E-state index contributed by atoms with van der Waals surface area (Å²) in [7, 11) is -3.19. The van der Waals surface area contributed by atoms with E-state index in [0.717, 1.165) is 0 Å². The van der Waals surface area contributed by atoms with E-state index in [0.29, 0.717) is 36.6 Å². The predicted molar refractivity (Wildman–Crippen MR) is 87.7 cm³/mol. The number of hydrogen-bond acceptors (Lipinski definition) is 3. The quantitative estimate of drug-likeness (QED) is 0.878. The van der Waals surface area contributed by atoms with E-state index in [9.17, 15) is 13.2 Å². The molecule has 0 bridgehead atoms. The molecule has 22 heavy (non-hydrogen) atoms. The number of sulfonamides is 1. The van der Waals surface area contributed by atoms with E-state index in [4.69, 9.17) is 11.6 Å². The van der Waals surface area contributed by atoms with Gasteiger partial charge in [-0.25, -0.2) is 17.9 Å². The molecule has 0 spiro atoms. The number of carbonyl (C=O) groups excluding carboxylic acids is 1. The Morgan fingerprint density at radius 3 is 2.64 bits per heavy atom. The Morgan fingerprint density at radius 1 is 1.36 bits per heavy atom. The molecule has 1 aromatic rings. The van der Waals surface area contributed by atoms with Gasteiger partial charge in [0.05, 0.1) is 5.75 Å². The zero-order valence-corrected chi connectivity index (χ0v) is 14.0. The summed E-state index contributed by atoms with van der Waals surface area (Å²) in [6, 6.07) is 6.67. The molecular weight excluding hydrogens is 326 g/mol. The van der Waals surface area contributed by atoms with Gasteiger partial charge in [-0.1, -0.05) is 17.7 Å². The highest BCUT2D eigenvalue weighted by Crippen LogP contribution is 2.17. The first-order chi connectivity index (χ1) is 10.4. The summed E-state index contributed by atoms with van der Waals surface area (Å²) in [6.07, 6.45) is 1.23. The number of likely N-dealkylation sites (tertiary alicyclic amines) is 1. The third-order valence-corrected chi connectivity index (χ3v) is 5.27. The number of benzene rings is 1. The Bertz CT molecular complexity index is 628. The Balaban J connectivity index is 1.85. The fourth-order valence-corrected chi connectivity index (χ4v) is 3.41. The highest BCUT2D eigenvalue weighted by atomic mass is 35.5. The fourth-order valence-electron chi connectivity index (χ4n) is 2.31. The van der Waals surface area contributed by atoms with Gasteiger partial charge < -0.3 is 10.2 Å². The summed E-state index contributed by atoms with van der Waals surface area (Å²) in [5.74, 6) is 0.0719. The van der Waals surface area contributed by atoms with Crippen LogP contribution in [0.3, 0.4) is 0 Å². The van der Waals surface area contributed by atoms with Crippen molar-refractivity contribution in [1.29, 1.82) is 0 Å². The van der Waals surface area contributed by atoms with Gasteiger partial charge in [0.25, 0.3) is 0 Å². The Hall–Kier alpha value is -1.31. The number of rotatable bonds is 4. The lowest BCUT2D eigenvalue weighted by Crippen LogP contribution is -2.47. The predicted octanol–water partition coefficient (Wildman–Crippen LogP) is 2.28. The van der Waals surface area contributed by atoms with Crippen molar-refractivity contribution < 1.29 is 13.2 Å². The zero-order valence-electron chi connectivity index (χ0n) is 12.4. The Morgan fingerprint density at radius 2 is 2.05 bits per heavy atom. The molecule has 1 aromatic carbocycles. The lowest BCUT2D eigenvalue weighted by Gasteiger charge is -2.32. The SMILES string of the molecule is CCS(=O)(=O)NC1CCN(C(=O)Nc2cccc(Cl)c2)CC1. The van der Waals surface area contributed by atoms with Crippen LogP contribution < -0.4 is 10.0 Å². The molecule has 1 saturated heterocycles. The molecule has 1 heterocycles. The van der Waals surface area contributed by atoms with Crippen LogP contribution in [-0.2, 0) is 10.0 Å². The minimum Gasteiger partial charge on any atom is -0.324 e. The van der Waals surface area contributed by atoms with Gasteiger partial charge in [0, 0.05) is 29.8 Å². The van der Waals surface area contributed by atoms with Crippen LogP contribution in [0.4, 0.5) is 10.5 Å². The molecule has 2 amide bonds. The molecule has 122 valence electrons. The smallest absolute Gasteiger partial charge is 0.321 e. The summed E-state index contributed by atoms with van der Waals surface area (Å²) in [5.41, 5.74) is 0.645. The molecule has 0 atom stereocenters. The van der Waals surface area contributed by atoms with E-state index >= 15 is 0 Å². The number of nitrogens with zero attached hydrogens (tertiary/aromatic N) is 1. The molecule has 8 heteroatoms. The van der Waals surface area contributed by atoms with Crippen LogP contribution in [0.5, 0.6) is 0 Å². The number of amides is 2. The van der Waals surface area contributed by atoms with Crippen LogP contribution in [-0.4, -0.2) is 44.2 Å². The molecule has 2 N–H and O–H groups in total. The van der Waals surface area contributed by atoms with Gasteiger partial charge >= 0.3 is 6.03 Å². The maximum Gasteiger partial charge on any atom is 0.321 e. The Kier molecular flexibility index (Phi) is 5.66. The van der Waals surface area contributed by atoms with E-state index in [1.165, 1.54) is 0 Å². The molecule has 1 fully saturated rings. The number of urea groups is 1. The zero-order chi connectivity index (χ0) is 16.2. The molecule has 0 radical (unpaired) electrons. The highest BCUT2D eigenvalue weighted by Gasteiger charge is 2.25. The van der Waals surface area contributed by atoms with Crippen LogP contribution in [0.2, 0.25) is 5.02 Å². The van der Waals surface area contributed by atoms with Crippen LogP contribution in [0.15, 0.2) is 24.3 Å². The molecule has 1 aliphatic rings. The van der Waals surface area contributed by atoms with Crippen molar-refractivity contribution in [2.75, 3.05) is 24.2 Å². The largest absolute Gasteiger partial charge is 0.324 e. The average Bonchev–Trinajstić information content (AvgIpc) is 2.47. The van der Waals surface area contributed by atoms with Gasteiger partial charge in [-0.15, -0.1) is 0 Å². The van der Waals surface area contributed by atoms with E-state index in [2.05, 4.69) is 10.0 Å². The molecule has 0 aliphatic carbocycles. The van der Waals surface area contributed by atoms with Gasteiger partial charge in [-0.3, -0.25) is 0 Å². The monoisotopic (exact) mass is 345 g/mol. The lowest BCUT2D eigenvalue weighted by atomic mass is 10.1. The van der Waals surface area contributed by atoms with Gasteiger partial charge in [0.2, 0.25) is 10.0 Å². The van der Waals surface area contributed by atoms with E-state index < -0.39 is 10.0 Å². The van der Waals surface area contributed by atoms with Gasteiger partial charge in [0.1, 0.15) is 0 Å². The number of halogens is 1. The first-order valence-corrected chi connectivity index (χ1v) is 9.24. The van der Waals surface area contributed by atoms with Crippen LogP contribution >= 0.6 is 11.6 Å². The van der Waals surface area contributed by atoms with Crippen LogP contribution in [0.1, 0.15) is 19.8 Å². The van der Waals surface area contributed by atoms with Crippen molar-refractivity contribution in [1.82, 2.24) is 9.62 Å². The second-order valence-corrected chi connectivity index (χ2v) is 7.70. The second kappa shape index (κ2) is 7.30. The van der Waals surface area contributed by atoms with Crippen molar-refractivity contribution in [3.8, 4) is 0 Å². The standard InChI is InChI=1S/C14H20ClN3O3S/c1-2-22(20,21)17-12-6-8-18(9-7-12)14(19)16-13-5-3-4-11(15)10-13/h3-5,10,12,17H,2,6-9H2,1H3,(H,16,19). The summed E-state index contributed by atoms with van der Waals surface area (Å²) in [5, 5.41) is 3.35. The maximum absolute atomic E-state index is 12.2. The van der Waals surface area contributed by atoms with Crippen molar-refractivity contribution in [3.63, 3.8) is 0 Å². The first-order valence-electron chi connectivity index (χ1n) is 7.21. The highest BCUT2D eigenvalue weighted by molar-refractivity contribution is 7.89. The summed E-state index contributed by atoms with van der Waals surface area (Å²) in [4.78, 5) is 13.8. The number of carbonyl (C=O) groups is 1. The molecule has 2 rings (SSSR count). The maximum atomic E-state index is 12.2. The van der Waals surface area contributed by atoms with Crippen molar-refractivity contribution >= 4 is 33.3 Å². The molecular formula is C14H20ClN3O3S. The average molecular weight is 346 g/mol. The van der Waals surface area contributed by atoms with Gasteiger partial charge in [-0.2, -0.15) is 0 Å². The van der Waals surface area contributed by atoms with Crippen molar-refractivity contribution in [2.24, 2.45) is 0 Å². The number of anilines is 1. The number of hydrogen-bond donors (Lipinski definition) is 2. The molecule has 1 aliphatic heterocycles. The molecule has 0 aromatic heterocycles. The van der Waals surface area contributed by atoms with Crippen molar-refractivity contribution in [3.05, 3.63) is 29.3 Å². The number of nitrogens with one attached hydrogen (secondary N) is 2. The van der Waals surface area contributed by atoms with Gasteiger partial charge in [-0.05, 0) is 38.0 Å². The molecule has 0 unspecified atom stereocenters. The second-order valence-electron chi connectivity index (χ2n) is 5.22. The number of piperidine rings is 1. The molecule has 6 nitrogen and oxygen atoms in total. The minimum absolute atomic E-state index is 0.0719. The third kappa shape index (κ3) is 4.86. The summed E-state index contributed by atoms with van der Waals surface area (Å²) >= 11 is 5.88. The van der Waals surface area contributed by atoms with Gasteiger partial charge in [0.15, 0.2) is 0 Å². The Labute approximate surface area is 135 Å². The summed E-state index contributed by atoms with van der Waals surface area (Å²) in [6.45, 7) is 2.64. The van der Waals surface area contributed by atoms with Crippen LogP contribution in [0.25, 0.3) is 0 Å². The van der Waals surface area contributed by atoms with E-state index in [-0.39, 0.29) is 17.8 Å². The third-order valence-electron chi connectivity index (χ3n) is 3.58. The fraction of sp³-hybridized carbons (Fsp3) is 0.500. The topological polar surface area (TPSA) is 78.5 Å². The normalized spacial score (nSPS) is 16.5. The van der Waals surface area contributed by atoms with Crippen LogP contribution in [0, 0.1) is 0 Å². The van der Waals surface area contributed by atoms with E-state index in [1.54, 1.807) is 36.1 Å². The minimum atomic E-state index is -3.19.